The van der Waals surface area contributed by atoms with E-state index >= 15 is 0 Å². The molecule has 2 aromatic carbocycles. The van der Waals surface area contributed by atoms with Crippen molar-refractivity contribution in [2.24, 2.45) is 34.4 Å². The normalized spacial score (nSPS) is 18.9. The predicted octanol–water partition coefficient (Wildman–Crippen LogP) is -1.79. The number of phenols is 1. The summed E-state index contributed by atoms with van der Waals surface area (Å²) in [5, 5.41) is 24.7. The maximum Gasteiger partial charge on any atom is 0.243 e. The van der Waals surface area contributed by atoms with Crippen LogP contribution in [-0.2, 0) is 36.8 Å². The molecule has 310 valence electrons. The van der Waals surface area contributed by atoms with Crippen molar-refractivity contribution in [3.8, 4) is 16.9 Å². The molecule has 0 fully saturated rings. The average molecular weight is 782 g/mol. The summed E-state index contributed by atoms with van der Waals surface area (Å²) in [6.07, 6.45) is 3.52. The first kappa shape index (κ1) is 45.7. The Morgan fingerprint density at radius 1 is 0.804 bits per heavy atom. The van der Waals surface area contributed by atoms with Crippen LogP contribution < -0.4 is 61.0 Å². The second-order valence-electron chi connectivity index (χ2n) is 14.4. The SMILES string of the molecule is NCCC[C@H](N)CNC(=O)C[C@H](CCCN)NC(=O)[C@H](CCCN)NC(=O)[C@@H]1Cc2cccc(c2)-c2ccc(O)c(c2)C[C@H](N)C(=O)N[C@@H](CCCN)C(=O)N1. The summed E-state index contributed by atoms with van der Waals surface area (Å²) in [5.41, 5.74) is 37.9. The molecule has 0 saturated carbocycles. The molecule has 6 atom stereocenters. The van der Waals surface area contributed by atoms with Crippen LogP contribution >= 0.6 is 0 Å². The van der Waals surface area contributed by atoms with Crippen molar-refractivity contribution in [1.82, 2.24) is 26.6 Å². The molecule has 2 aromatic rings. The highest BCUT2D eigenvalue weighted by Gasteiger charge is 2.32. The zero-order valence-electron chi connectivity index (χ0n) is 32.3. The van der Waals surface area contributed by atoms with Crippen LogP contribution in [0.25, 0.3) is 11.1 Å². The van der Waals surface area contributed by atoms with Crippen LogP contribution in [0.1, 0.15) is 68.9 Å². The van der Waals surface area contributed by atoms with Crippen molar-refractivity contribution in [2.75, 3.05) is 32.7 Å². The van der Waals surface area contributed by atoms with Gasteiger partial charge in [0.25, 0.3) is 0 Å². The highest BCUT2D eigenvalue weighted by atomic mass is 16.3. The number of amides is 5. The van der Waals surface area contributed by atoms with E-state index in [1.54, 1.807) is 12.1 Å². The van der Waals surface area contributed by atoms with Crippen molar-refractivity contribution in [3.05, 3.63) is 53.6 Å². The van der Waals surface area contributed by atoms with Crippen LogP contribution in [0, 0.1) is 0 Å². The fourth-order valence-corrected chi connectivity index (χ4v) is 6.50. The molecule has 5 amide bonds. The molecule has 0 saturated heterocycles. The molecule has 0 spiro atoms. The first-order chi connectivity index (χ1) is 26.9. The van der Waals surface area contributed by atoms with Crippen LogP contribution in [0.4, 0.5) is 0 Å². The maximum absolute atomic E-state index is 14.2. The molecule has 0 unspecified atom stereocenters. The molecule has 18 N–H and O–H groups in total. The fraction of sp³-hybridized carbons (Fsp3) is 0.564. The van der Waals surface area contributed by atoms with E-state index in [1.807, 2.05) is 24.3 Å². The molecule has 3 rings (SSSR count). The molecule has 56 heavy (non-hydrogen) atoms. The van der Waals surface area contributed by atoms with Gasteiger partial charge in [0.2, 0.25) is 29.5 Å². The predicted molar refractivity (Wildman–Crippen MR) is 215 cm³/mol. The summed E-state index contributed by atoms with van der Waals surface area (Å²) in [4.78, 5) is 68.0. The molecule has 0 aromatic heterocycles. The van der Waals surface area contributed by atoms with Gasteiger partial charge < -0.3 is 66.1 Å². The molecule has 17 nitrogen and oxygen atoms in total. The Hall–Kier alpha value is -4.65. The van der Waals surface area contributed by atoms with Crippen LogP contribution in [0.5, 0.6) is 5.75 Å². The third kappa shape index (κ3) is 15.1. The molecule has 4 bridgehead atoms. The van der Waals surface area contributed by atoms with Gasteiger partial charge in [0.15, 0.2) is 0 Å². The lowest BCUT2D eigenvalue weighted by atomic mass is 9.96. The number of aromatic hydroxyl groups is 1. The highest BCUT2D eigenvalue weighted by Crippen LogP contribution is 2.28. The van der Waals surface area contributed by atoms with Crippen molar-refractivity contribution in [2.45, 2.75) is 107 Å². The van der Waals surface area contributed by atoms with Crippen LogP contribution in [0.3, 0.4) is 0 Å². The fourth-order valence-electron chi connectivity index (χ4n) is 6.50. The van der Waals surface area contributed by atoms with Gasteiger partial charge in [0.05, 0.1) is 6.04 Å². The van der Waals surface area contributed by atoms with E-state index in [0.29, 0.717) is 56.3 Å². The van der Waals surface area contributed by atoms with Crippen molar-refractivity contribution < 1.29 is 29.1 Å². The number of benzene rings is 2. The highest BCUT2D eigenvalue weighted by molar-refractivity contribution is 5.95. The van der Waals surface area contributed by atoms with Crippen LogP contribution in [-0.4, -0.2) is 104 Å². The Morgan fingerprint density at radius 3 is 2.20 bits per heavy atom. The van der Waals surface area contributed by atoms with Crippen molar-refractivity contribution >= 4 is 29.5 Å². The minimum Gasteiger partial charge on any atom is -0.508 e. The van der Waals surface area contributed by atoms with Gasteiger partial charge in [-0.3, -0.25) is 24.0 Å². The first-order valence-electron chi connectivity index (χ1n) is 19.6. The molecule has 17 heteroatoms. The quantitative estimate of drug-likeness (QED) is 0.0709. The second kappa shape index (κ2) is 24.1. The Labute approximate surface area is 329 Å². The Morgan fingerprint density at radius 2 is 1.48 bits per heavy atom. The minimum absolute atomic E-state index is 0.00879. The number of rotatable bonds is 20. The second-order valence-corrected chi connectivity index (χ2v) is 14.4. The Bertz CT molecular complexity index is 1590. The number of hydrogen-bond acceptors (Lipinski definition) is 12. The molecule has 1 aliphatic rings. The van der Waals surface area contributed by atoms with E-state index < -0.39 is 53.8 Å². The molecular formula is C39H63N11O6. The summed E-state index contributed by atoms with van der Waals surface area (Å²) >= 11 is 0. The monoisotopic (exact) mass is 781 g/mol. The van der Waals surface area contributed by atoms with Gasteiger partial charge in [-0.15, -0.1) is 0 Å². The first-order valence-corrected chi connectivity index (χ1v) is 19.6. The summed E-state index contributed by atoms with van der Waals surface area (Å²) < 4.78 is 0. The standard InChI is InChI=1S/C39H63N11O6/c40-14-2-8-28(44)23-46-35(52)22-29(9-3-15-41)47-37(54)31(10-4-16-42)49-39(56)33-19-24-6-1-7-25(18-24)26-12-13-34(51)27(20-26)21-30(45)36(53)48-32(11-5-17-43)38(55)50-33/h1,6-7,12-13,18,20,28-33,51H,2-5,8-11,14-17,19,21-23,40-45H2,(H,46,52)(H,47,54)(H,48,53)(H,49,56)(H,50,55)/t28-,29-,30-,31-,32-,33-/m0/s1. The van der Waals surface area contributed by atoms with Crippen molar-refractivity contribution in [3.63, 3.8) is 0 Å². The molecule has 0 aliphatic carbocycles. The number of hydrogen-bond donors (Lipinski definition) is 12. The number of phenolic OH excluding ortho intramolecular Hbond substituents is 1. The Kier molecular flexibility index (Phi) is 19.7. The van der Waals surface area contributed by atoms with E-state index in [2.05, 4.69) is 26.6 Å². The van der Waals surface area contributed by atoms with Crippen LogP contribution in [0.2, 0.25) is 0 Å². The number of nitrogens with two attached hydrogens (primary N) is 6. The summed E-state index contributed by atoms with van der Waals surface area (Å²) in [6.45, 7) is 1.61. The molecule has 1 aliphatic heterocycles. The largest absolute Gasteiger partial charge is 0.508 e. The zero-order valence-corrected chi connectivity index (χ0v) is 32.3. The summed E-state index contributed by atoms with van der Waals surface area (Å²) in [5.74, 6) is -2.72. The average Bonchev–Trinajstić information content (AvgIpc) is 3.18. The van der Waals surface area contributed by atoms with Gasteiger partial charge in [-0.05, 0) is 112 Å². The van der Waals surface area contributed by atoms with Crippen LogP contribution in [0.15, 0.2) is 42.5 Å². The Balaban J connectivity index is 1.90. The van der Waals surface area contributed by atoms with Gasteiger partial charge in [0.1, 0.15) is 23.9 Å². The van der Waals surface area contributed by atoms with E-state index in [0.717, 1.165) is 17.5 Å². The van der Waals surface area contributed by atoms with Gasteiger partial charge in [-0.25, -0.2) is 0 Å². The number of fused-ring (bicyclic) bond motifs is 5. The van der Waals surface area contributed by atoms with Gasteiger partial charge >= 0.3 is 0 Å². The third-order valence-corrected chi connectivity index (χ3v) is 9.72. The van der Waals surface area contributed by atoms with Gasteiger partial charge in [-0.1, -0.05) is 30.3 Å². The topological polar surface area (TPSA) is 322 Å². The molecule has 1 heterocycles. The molecule has 0 radical (unpaired) electrons. The number of nitrogens with one attached hydrogen (secondary N) is 5. The maximum atomic E-state index is 14.2. The van der Waals surface area contributed by atoms with Gasteiger partial charge in [-0.2, -0.15) is 0 Å². The summed E-state index contributed by atoms with van der Waals surface area (Å²) in [7, 11) is 0. The minimum atomic E-state index is -1.18. The molecular weight excluding hydrogens is 718 g/mol. The number of carbonyl (C=O) groups excluding carboxylic acids is 5. The lowest BCUT2D eigenvalue weighted by Gasteiger charge is -2.27. The van der Waals surface area contributed by atoms with E-state index in [1.165, 1.54) is 6.07 Å². The van der Waals surface area contributed by atoms with E-state index in [-0.39, 0.29) is 69.4 Å². The lowest BCUT2D eigenvalue weighted by Crippen LogP contribution is -2.59. The van der Waals surface area contributed by atoms with E-state index in [9.17, 15) is 29.1 Å². The summed E-state index contributed by atoms with van der Waals surface area (Å²) in [6, 6.07) is 7.15. The number of carbonyl (C=O) groups is 5. The van der Waals surface area contributed by atoms with Crippen molar-refractivity contribution in [1.29, 1.82) is 0 Å². The zero-order chi connectivity index (χ0) is 41.0. The van der Waals surface area contributed by atoms with Gasteiger partial charge in [0, 0.05) is 37.9 Å². The smallest absolute Gasteiger partial charge is 0.243 e. The lowest BCUT2D eigenvalue weighted by molar-refractivity contribution is -0.134. The van der Waals surface area contributed by atoms with E-state index in [4.69, 9.17) is 34.4 Å². The third-order valence-electron chi connectivity index (χ3n) is 9.72.